The molecule has 0 bridgehead atoms. The van der Waals surface area contributed by atoms with Crippen molar-refractivity contribution in [3.8, 4) is 11.5 Å². The van der Waals surface area contributed by atoms with Crippen LogP contribution >= 0.6 is 23.2 Å². The minimum absolute atomic E-state index is 0.00871. The van der Waals surface area contributed by atoms with Gasteiger partial charge in [-0.1, -0.05) is 23.2 Å². The maximum Gasteiger partial charge on any atom is 0.280 e. The molecule has 2 aromatic carbocycles. The van der Waals surface area contributed by atoms with Crippen LogP contribution in [0.15, 0.2) is 40.2 Å². The summed E-state index contributed by atoms with van der Waals surface area (Å²) in [5.41, 5.74) is 10.7. The maximum atomic E-state index is 12.7. The predicted octanol–water partition coefficient (Wildman–Crippen LogP) is 2.49. The lowest BCUT2D eigenvalue weighted by Crippen LogP contribution is -2.24. The van der Waals surface area contributed by atoms with Crippen molar-refractivity contribution in [2.75, 3.05) is 0 Å². The van der Waals surface area contributed by atoms with Crippen molar-refractivity contribution in [1.29, 1.82) is 0 Å². The zero-order valence-electron chi connectivity index (χ0n) is 12.5. The Hall–Kier alpha value is -2.29. The van der Waals surface area contributed by atoms with Gasteiger partial charge in [-0.3, -0.25) is 4.79 Å². The quantitative estimate of drug-likeness (QED) is 0.560. The first-order chi connectivity index (χ1) is 11.7. The highest BCUT2D eigenvalue weighted by molar-refractivity contribution is 7.90. The van der Waals surface area contributed by atoms with Crippen molar-refractivity contribution in [3.63, 3.8) is 0 Å². The average Bonchev–Trinajstić information content (AvgIpc) is 2.60. The van der Waals surface area contributed by atoms with Crippen molar-refractivity contribution in [2.45, 2.75) is 10.6 Å². The Morgan fingerprint density at radius 2 is 1.88 bits per heavy atom. The second-order valence-corrected chi connectivity index (χ2v) is 8.04. The summed E-state index contributed by atoms with van der Waals surface area (Å²) in [5, 5.41) is 0.475. The first kappa shape index (κ1) is 17.5. The summed E-state index contributed by atoms with van der Waals surface area (Å²) in [4.78, 5) is 15.2. The molecule has 10 heteroatoms. The number of carbonyl (C=O) groups excluding carboxylic acids is 1. The van der Waals surface area contributed by atoms with E-state index in [2.05, 4.69) is 4.99 Å². The van der Waals surface area contributed by atoms with Crippen LogP contribution in [-0.2, 0) is 15.6 Å². The Morgan fingerprint density at radius 3 is 2.56 bits per heavy atom. The van der Waals surface area contributed by atoms with Crippen LogP contribution in [0.1, 0.15) is 15.9 Å². The fourth-order valence-electron chi connectivity index (χ4n) is 2.38. The van der Waals surface area contributed by atoms with Gasteiger partial charge in [0.2, 0.25) is 0 Å². The van der Waals surface area contributed by atoms with E-state index in [9.17, 15) is 13.2 Å². The lowest BCUT2D eigenvalue weighted by atomic mass is 10.2. The summed E-state index contributed by atoms with van der Waals surface area (Å²) < 4.78 is 31.1. The van der Waals surface area contributed by atoms with Crippen LogP contribution in [-0.4, -0.2) is 20.3 Å². The molecule has 0 aromatic heterocycles. The molecule has 0 aliphatic carbocycles. The third kappa shape index (κ3) is 3.41. The van der Waals surface area contributed by atoms with Gasteiger partial charge in [0.05, 0.1) is 10.8 Å². The first-order valence-corrected chi connectivity index (χ1v) is 9.25. The Labute approximate surface area is 153 Å². The molecule has 0 saturated heterocycles. The third-order valence-corrected chi connectivity index (χ3v) is 5.58. The second-order valence-electron chi connectivity index (χ2n) is 5.24. The molecule has 0 fully saturated rings. The smallest absolute Gasteiger partial charge is 0.280 e. The van der Waals surface area contributed by atoms with Crippen LogP contribution in [0.2, 0.25) is 10.0 Å². The molecule has 4 N–H and O–H groups in total. The lowest BCUT2D eigenvalue weighted by molar-refractivity contribution is 0.100. The molecule has 3 rings (SSSR count). The molecule has 2 aromatic rings. The first-order valence-electron chi connectivity index (χ1n) is 6.84. The van der Waals surface area contributed by atoms with Gasteiger partial charge < -0.3 is 16.2 Å². The van der Waals surface area contributed by atoms with E-state index in [0.29, 0.717) is 5.56 Å². The van der Waals surface area contributed by atoms with E-state index >= 15 is 0 Å². The Balaban J connectivity index is 2.17. The van der Waals surface area contributed by atoms with Gasteiger partial charge in [-0.05, 0) is 30.3 Å². The van der Waals surface area contributed by atoms with Crippen molar-refractivity contribution >= 4 is 44.9 Å². The zero-order valence-corrected chi connectivity index (χ0v) is 14.8. The normalized spacial score (nSPS) is 14.5. The Morgan fingerprint density at radius 1 is 1.16 bits per heavy atom. The van der Waals surface area contributed by atoms with E-state index in [1.54, 1.807) is 0 Å². The van der Waals surface area contributed by atoms with Crippen LogP contribution in [0, 0.1) is 0 Å². The second kappa shape index (κ2) is 6.21. The minimum Gasteiger partial charge on any atom is -0.454 e. The van der Waals surface area contributed by atoms with Gasteiger partial charge in [0, 0.05) is 16.1 Å². The van der Waals surface area contributed by atoms with Gasteiger partial charge in [0.25, 0.3) is 5.91 Å². The number of fused-ring (bicyclic) bond motifs is 2. The predicted molar refractivity (Wildman–Crippen MR) is 94.0 cm³/mol. The number of carbonyl (C=O) groups is 1. The summed E-state index contributed by atoms with van der Waals surface area (Å²) in [5.74, 6) is -1.31. The van der Waals surface area contributed by atoms with E-state index in [0.717, 1.165) is 0 Å². The number of nitrogens with zero attached hydrogens (tertiary/aromatic N) is 1. The molecule has 1 amide bonds. The van der Waals surface area contributed by atoms with Gasteiger partial charge in [-0.15, -0.1) is 0 Å². The van der Waals surface area contributed by atoms with Crippen molar-refractivity contribution in [3.05, 3.63) is 51.5 Å². The number of guanidine groups is 1. The Kier molecular flexibility index (Phi) is 4.36. The van der Waals surface area contributed by atoms with Crippen LogP contribution in [0.25, 0.3) is 0 Å². The number of hydrogen-bond donors (Lipinski definition) is 2. The number of ether oxygens (including phenoxy) is 1. The standard InChI is InChI=1S/C15H11Cl2N3O4S/c16-9-3-8-6-25(22,23)12-4-7(14(21)20-15(18)19)1-2-11(12)24-13(8)10(17)5-9/h1-5H,6H2,(H4,18,19,20,21). The highest BCUT2D eigenvalue weighted by Gasteiger charge is 2.29. The zero-order chi connectivity index (χ0) is 18.4. The number of sulfone groups is 1. The number of halogens is 2. The van der Waals surface area contributed by atoms with Crippen molar-refractivity contribution in [2.24, 2.45) is 16.5 Å². The number of nitrogens with two attached hydrogens (primary N) is 2. The fraction of sp³-hybridized carbons (Fsp3) is 0.0667. The molecule has 0 atom stereocenters. The van der Waals surface area contributed by atoms with Crippen LogP contribution < -0.4 is 16.2 Å². The maximum absolute atomic E-state index is 12.7. The number of amides is 1. The molecule has 0 radical (unpaired) electrons. The molecule has 0 spiro atoms. The topological polar surface area (TPSA) is 125 Å². The van der Waals surface area contributed by atoms with Gasteiger partial charge in [-0.2, -0.15) is 4.99 Å². The molecule has 1 heterocycles. The summed E-state index contributed by atoms with van der Waals surface area (Å²) in [6, 6.07) is 6.80. The largest absolute Gasteiger partial charge is 0.454 e. The molecular weight excluding hydrogens is 389 g/mol. The molecule has 0 saturated carbocycles. The highest BCUT2D eigenvalue weighted by Crippen LogP contribution is 2.43. The summed E-state index contributed by atoms with van der Waals surface area (Å²) >= 11 is 12.1. The molecule has 7 nitrogen and oxygen atoms in total. The van der Waals surface area contributed by atoms with Gasteiger partial charge in [-0.25, -0.2) is 8.42 Å². The third-order valence-electron chi connectivity index (χ3n) is 3.40. The number of benzene rings is 2. The van der Waals surface area contributed by atoms with E-state index in [4.69, 9.17) is 39.4 Å². The fourth-order valence-corrected chi connectivity index (χ4v) is 4.45. The molecule has 0 unspecified atom stereocenters. The number of hydrogen-bond acceptors (Lipinski definition) is 4. The minimum atomic E-state index is -3.82. The lowest BCUT2D eigenvalue weighted by Gasteiger charge is -2.10. The summed E-state index contributed by atoms with van der Waals surface area (Å²) in [6.45, 7) is 0. The Bertz CT molecular complexity index is 1030. The highest BCUT2D eigenvalue weighted by atomic mass is 35.5. The van der Waals surface area contributed by atoms with Gasteiger partial charge >= 0.3 is 0 Å². The molecule has 130 valence electrons. The van der Waals surface area contributed by atoms with Gasteiger partial charge in [0.1, 0.15) is 16.4 Å². The van der Waals surface area contributed by atoms with E-state index in [1.807, 2.05) is 0 Å². The van der Waals surface area contributed by atoms with E-state index in [-0.39, 0.29) is 37.8 Å². The molecule has 1 aliphatic rings. The van der Waals surface area contributed by atoms with E-state index in [1.165, 1.54) is 30.3 Å². The summed E-state index contributed by atoms with van der Waals surface area (Å²) in [7, 11) is -3.82. The monoisotopic (exact) mass is 399 g/mol. The number of rotatable bonds is 1. The molecular formula is C15H11Cl2N3O4S. The number of aliphatic imine (C=N–C) groups is 1. The van der Waals surface area contributed by atoms with Crippen LogP contribution in [0.4, 0.5) is 0 Å². The van der Waals surface area contributed by atoms with Crippen LogP contribution in [0.3, 0.4) is 0 Å². The van der Waals surface area contributed by atoms with Crippen LogP contribution in [0.5, 0.6) is 11.5 Å². The molecule has 1 aliphatic heterocycles. The summed E-state index contributed by atoms with van der Waals surface area (Å²) in [6.07, 6.45) is 0. The average molecular weight is 400 g/mol. The molecule has 25 heavy (non-hydrogen) atoms. The SMILES string of the molecule is NC(N)=NC(=O)c1ccc2c(c1)S(=O)(=O)Cc1cc(Cl)cc(Cl)c1O2. The van der Waals surface area contributed by atoms with E-state index < -0.39 is 21.7 Å². The van der Waals surface area contributed by atoms with Crippen molar-refractivity contribution < 1.29 is 17.9 Å². The van der Waals surface area contributed by atoms with Gasteiger partial charge in [0.15, 0.2) is 15.8 Å². The van der Waals surface area contributed by atoms with Crippen molar-refractivity contribution in [1.82, 2.24) is 0 Å².